The highest BCUT2D eigenvalue weighted by Gasteiger charge is 2.71. The van der Waals surface area contributed by atoms with E-state index in [1.807, 2.05) is 6.92 Å². The summed E-state index contributed by atoms with van der Waals surface area (Å²) in [5.41, 5.74) is -1.07. The molecule has 0 spiro atoms. The summed E-state index contributed by atoms with van der Waals surface area (Å²) < 4.78 is 47.0. The molecule has 7 fully saturated rings. The quantitative estimate of drug-likeness (QED) is 0.129. The van der Waals surface area contributed by atoms with Crippen molar-refractivity contribution in [1.29, 1.82) is 0 Å². The first-order chi connectivity index (χ1) is 27.8. The Morgan fingerprint density at radius 2 is 1.53 bits per heavy atom. The van der Waals surface area contributed by atoms with E-state index in [-0.39, 0.29) is 54.9 Å². The number of hydrogen-bond donors (Lipinski definition) is 7. The number of aliphatic hydroxyl groups is 7. The molecule has 3 saturated heterocycles. The third kappa shape index (κ3) is 7.50. The summed E-state index contributed by atoms with van der Waals surface area (Å²) in [6.45, 7) is 8.79. The van der Waals surface area contributed by atoms with Crippen LogP contribution in [0.2, 0.25) is 0 Å². The van der Waals surface area contributed by atoms with E-state index in [2.05, 4.69) is 6.92 Å². The van der Waals surface area contributed by atoms with Crippen LogP contribution in [-0.4, -0.2) is 159 Å². The minimum Gasteiger partial charge on any atom is -0.459 e. The van der Waals surface area contributed by atoms with E-state index in [4.69, 9.17) is 37.9 Å². The van der Waals surface area contributed by atoms with Gasteiger partial charge in [-0.15, -0.1) is 0 Å². The number of fused-ring (bicyclic) bond motifs is 5. The number of carbonyl (C=O) groups is 2. The van der Waals surface area contributed by atoms with Gasteiger partial charge in [0.1, 0.15) is 55.4 Å². The molecular formula is C42H64O17. The maximum atomic E-state index is 12.6. The summed E-state index contributed by atoms with van der Waals surface area (Å²) in [7, 11) is 0. The van der Waals surface area contributed by atoms with Crippen LogP contribution < -0.4 is 0 Å². The van der Waals surface area contributed by atoms with E-state index in [9.17, 15) is 45.3 Å². The molecule has 0 aromatic carbocycles. The molecule has 17 nitrogen and oxygen atoms in total. The van der Waals surface area contributed by atoms with Crippen LogP contribution in [0.4, 0.5) is 0 Å². The van der Waals surface area contributed by atoms with Gasteiger partial charge in [-0.25, -0.2) is 4.79 Å². The molecule has 0 radical (unpaired) electrons. The van der Waals surface area contributed by atoms with Crippen molar-refractivity contribution in [2.24, 2.45) is 34.5 Å². The van der Waals surface area contributed by atoms with Gasteiger partial charge in [-0.1, -0.05) is 13.8 Å². The molecule has 7 N–H and O–H groups in total. The largest absolute Gasteiger partial charge is 0.459 e. The molecule has 4 aliphatic heterocycles. The van der Waals surface area contributed by atoms with Crippen LogP contribution in [0, 0.1) is 34.5 Å². The zero-order valence-electron chi connectivity index (χ0n) is 34.5. The number of carbonyl (C=O) groups excluding carboxylic acids is 2. The Balaban J connectivity index is 0.877. The lowest BCUT2D eigenvalue weighted by atomic mass is 9.42. The van der Waals surface area contributed by atoms with Gasteiger partial charge in [0, 0.05) is 24.8 Å². The summed E-state index contributed by atoms with van der Waals surface area (Å²) in [6.07, 6.45) is -8.88. The zero-order chi connectivity index (χ0) is 42.3. The van der Waals surface area contributed by atoms with Crippen molar-refractivity contribution in [3.05, 3.63) is 11.6 Å². The maximum absolute atomic E-state index is 12.6. The first-order valence-corrected chi connectivity index (χ1v) is 21.6. The van der Waals surface area contributed by atoms with Gasteiger partial charge in [0.25, 0.3) is 0 Å². The molecule has 0 amide bonds. The molecule has 4 saturated carbocycles. The molecule has 22 atom stereocenters. The van der Waals surface area contributed by atoms with Gasteiger partial charge in [0.05, 0.1) is 36.6 Å². The SMILES string of the molecule is CC(=O)O[C@H]1C[C@@H](O[C@H]2CC[C@@]3(C)[C@@H](CC[C@H]4[C@@H]3C[C@@H](O)[C@]3(C)[C@@H](C5=CC(=O)OC5)CC[C@]43O)C2)O[C@H](C)[C@H]1O[C@@H]1OC[C@@H](O[C@@H]2O[C@@H](C)[C@H](O)[C@@H](O)[C@H]2O)[C@H](O)[C@H]1O. The summed E-state index contributed by atoms with van der Waals surface area (Å²) in [4.78, 5) is 24.3. The third-order valence-electron chi connectivity index (χ3n) is 16.2. The number of aliphatic hydroxyl groups excluding tert-OH is 6. The van der Waals surface area contributed by atoms with Crippen molar-refractivity contribution in [3.8, 4) is 0 Å². The average Bonchev–Trinajstić information content (AvgIpc) is 3.74. The van der Waals surface area contributed by atoms with E-state index in [1.165, 1.54) is 13.8 Å². The van der Waals surface area contributed by atoms with Gasteiger partial charge in [0.15, 0.2) is 18.9 Å². The molecule has 334 valence electrons. The second kappa shape index (κ2) is 16.4. The van der Waals surface area contributed by atoms with E-state index in [1.54, 1.807) is 13.0 Å². The molecule has 59 heavy (non-hydrogen) atoms. The van der Waals surface area contributed by atoms with Gasteiger partial charge >= 0.3 is 11.9 Å². The molecule has 0 aromatic heterocycles. The Bertz CT molecular complexity index is 1600. The lowest BCUT2D eigenvalue weighted by Crippen LogP contribution is -2.67. The standard InChI is InChI=1S/C42H64O17/c1-18-32(46)34(48)36(50)39(55-18)58-28-17-53-38(35(49)33(28)47)59-37-19(2)54-31(15-27(37)56-20(3)43)57-23-8-10-40(4)22(13-23)6-7-25-26(40)14-29(44)41(5)24(9-11-42(25,41)51)21-12-30(45)52-16-21/h12,18-19,22-29,31-39,44,46-51H,6-11,13-17H2,1-5H3/t18-,19+,22-,23-,24+,25-,26-,27-,28+,29+,31+,32-,33-,34+,35+,36+,37+,38-,39-,40-,41-,42-/m0/s1. The Morgan fingerprint density at radius 3 is 2.24 bits per heavy atom. The van der Waals surface area contributed by atoms with Crippen molar-refractivity contribution in [2.75, 3.05) is 13.2 Å². The van der Waals surface area contributed by atoms with Gasteiger partial charge in [-0.2, -0.15) is 0 Å². The van der Waals surface area contributed by atoms with Gasteiger partial charge in [0.2, 0.25) is 0 Å². The van der Waals surface area contributed by atoms with Crippen LogP contribution in [0.5, 0.6) is 0 Å². The van der Waals surface area contributed by atoms with Crippen LogP contribution in [-0.2, 0) is 47.5 Å². The normalized spacial score (nSPS) is 53.7. The van der Waals surface area contributed by atoms with Crippen molar-refractivity contribution in [1.82, 2.24) is 0 Å². The molecule has 8 aliphatic rings. The van der Waals surface area contributed by atoms with E-state index in [0.717, 1.165) is 37.7 Å². The first-order valence-electron chi connectivity index (χ1n) is 21.6. The molecular weight excluding hydrogens is 776 g/mol. The predicted molar refractivity (Wildman–Crippen MR) is 200 cm³/mol. The van der Waals surface area contributed by atoms with Crippen LogP contribution in [0.15, 0.2) is 11.6 Å². The summed E-state index contributed by atoms with van der Waals surface area (Å²) in [5, 5.41) is 77.1. The van der Waals surface area contributed by atoms with Crippen molar-refractivity contribution < 1.29 is 83.2 Å². The number of ether oxygens (including phenoxy) is 8. The molecule has 17 heteroatoms. The van der Waals surface area contributed by atoms with Crippen LogP contribution >= 0.6 is 0 Å². The highest BCUT2D eigenvalue weighted by Crippen LogP contribution is 2.70. The Morgan fingerprint density at radius 1 is 0.780 bits per heavy atom. The van der Waals surface area contributed by atoms with E-state index >= 15 is 0 Å². The molecule has 0 bridgehead atoms. The summed E-state index contributed by atoms with van der Waals surface area (Å²) in [5.74, 6) is -0.574. The second-order valence-corrected chi connectivity index (χ2v) is 19.2. The fraction of sp³-hybridized carbons (Fsp3) is 0.905. The van der Waals surface area contributed by atoms with Crippen molar-refractivity contribution >= 4 is 11.9 Å². The Labute approximate surface area is 344 Å². The molecule has 4 aliphatic carbocycles. The maximum Gasteiger partial charge on any atom is 0.331 e. The fourth-order valence-electron chi connectivity index (χ4n) is 12.8. The zero-order valence-corrected chi connectivity index (χ0v) is 34.5. The summed E-state index contributed by atoms with van der Waals surface area (Å²) >= 11 is 0. The Kier molecular flexibility index (Phi) is 12.2. The predicted octanol–water partition coefficient (Wildman–Crippen LogP) is 0.342. The third-order valence-corrected chi connectivity index (χ3v) is 16.2. The highest BCUT2D eigenvalue weighted by atomic mass is 16.8. The molecule has 0 unspecified atom stereocenters. The van der Waals surface area contributed by atoms with Crippen LogP contribution in [0.25, 0.3) is 0 Å². The topological polar surface area (TPSA) is 250 Å². The van der Waals surface area contributed by atoms with E-state index < -0.39 is 103 Å². The van der Waals surface area contributed by atoms with Gasteiger partial charge in [-0.05, 0) is 99.9 Å². The molecule has 4 heterocycles. The Hall–Kier alpha value is -1.84. The number of cyclic esters (lactones) is 1. The number of hydrogen-bond acceptors (Lipinski definition) is 17. The lowest BCUT2D eigenvalue weighted by Gasteiger charge is -2.65. The number of rotatable bonds is 8. The lowest BCUT2D eigenvalue weighted by molar-refractivity contribution is -0.355. The first kappa shape index (κ1) is 43.8. The number of esters is 2. The summed E-state index contributed by atoms with van der Waals surface area (Å²) in [6, 6.07) is 0. The smallest absolute Gasteiger partial charge is 0.331 e. The van der Waals surface area contributed by atoms with Crippen molar-refractivity contribution in [2.45, 2.75) is 190 Å². The fourth-order valence-corrected chi connectivity index (χ4v) is 12.8. The average molecular weight is 841 g/mol. The second-order valence-electron chi connectivity index (χ2n) is 19.2. The van der Waals surface area contributed by atoms with Crippen LogP contribution in [0.3, 0.4) is 0 Å². The van der Waals surface area contributed by atoms with Crippen molar-refractivity contribution in [3.63, 3.8) is 0 Å². The molecule has 8 rings (SSSR count). The highest BCUT2D eigenvalue weighted by molar-refractivity contribution is 5.85. The minimum atomic E-state index is -1.63. The monoisotopic (exact) mass is 840 g/mol. The van der Waals surface area contributed by atoms with Gasteiger partial charge in [-0.3, -0.25) is 4.79 Å². The van der Waals surface area contributed by atoms with E-state index in [0.29, 0.717) is 25.2 Å². The van der Waals surface area contributed by atoms with Crippen LogP contribution in [0.1, 0.15) is 92.4 Å². The van der Waals surface area contributed by atoms with Gasteiger partial charge < -0.3 is 73.6 Å². The minimum absolute atomic E-state index is 0.0278. The molecule has 0 aromatic rings.